The zero-order valence-electron chi connectivity index (χ0n) is 10.7. The van der Waals surface area contributed by atoms with E-state index in [1.807, 2.05) is 11.3 Å². The van der Waals surface area contributed by atoms with Gasteiger partial charge in [0.05, 0.1) is 5.54 Å². The molecule has 1 aliphatic carbocycles. The maximum atomic E-state index is 4.72. The molecule has 2 rings (SSSR count). The monoisotopic (exact) mass is 238 g/mol. The molecule has 1 saturated carbocycles. The molecule has 0 spiro atoms. The van der Waals surface area contributed by atoms with Gasteiger partial charge in [0, 0.05) is 17.1 Å². The summed E-state index contributed by atoms with van der Waals surface area (Å²) in [6.07, 6.45) is 3.85. The van der Waals surface area contributed by atoms with Gasteiger partial charge in [-0.3, -0.25) is 0 Å². The van der Waals surface area contributed by atoms with E-state index < -0.39 is 0 Å². The third kappa shape index (κ3) is 2.16. The molecular formula is C13H22N2S. The van der Waals surface area contributed by atoms with Crippen molar-refractivity contribution >= 4 is 11.3 Å². The van der Waals surface area contributed by atoms with Gasteiger partial charge in [-0.1, -0.05) is 6.92 Å². The quantitative estimate of drug-likeness (QED) is 0.849. The Hall–Kier alpha value is -0.410. The minimum absolute atomic E-state index is 0.146. The van der Waals surface area contributed by atoms with Crippen LogP contribution in [0.3, 0.4) is 0 Å². The molecule has 1 aromatic rings. The van der Waals surface area contributed by atoms with Crippen LogP contribution in [0.2, 0.25) is 0 Å². The summed E-state index contributed by atoms with van der Waals surface area (Å²) < 4.78 is 0. The van der Waals surface area contributed by atoms with E-state index in [1.54, 1.807) is 0 Å². The minimum atomic E-state index is 0.146. The summed E-state index contributed by atoms with van der Waals surface area (Å²) in [6.45, 7) is 8.83. The van der Waals surface area contributed by atoms with Crippen LogP contribution in [-0.2, 0) is 5.54 Å². The van der Waals surface area contributed by atoms with Crippen molar-refractivity contribution in [3.05, 3.63) is 16.1 Å². The van der Waals surface area contributed by atoms with Gasteiger partial charge in [-0.25, -0.2) is 4.98 Å². The molecule has 0 aliphatic heterocycles. The Bertz CT molecular complexity index is 355. The molecule has 0 saturated heterocycles. The van der Waals surface area contributed by atoms with Crippen LogP contribution in [0.15, 0.2) is 5.38 Å². The van der Waals surface area contributed by atoms with Crippen molar-refractivity contribution in [2.24, 2.45) is 5.92 Å². The highest BCUT2D eigenvalue weighted by atomic mass is 32.1. The van der Waals surface area contributed by atoms with Crippen LogP contribution in [-0.4, -0.2) is 11.0 Å². The van der Waals surface area contributed by atoms with Crippen LogP contribution in [0.25, 0.3) is 0 Å². The standard InChI is InChI=1S/C13H22N2S/c1-5-13(11-6-7-11,15-9(2)3)12-14-10(4)8-16-12/h8-9,11,15H,5-7H2,1-4H3. The number of aromatic nitrogens is 1. The van der Waals surface area contributed by atoms with Gasteiger partial charge >= 0.3 is 0 Å². The fourth-order valence-corrected chi connectivity index (χ4v) is 3.66. The van der Waals surface area contributed by atoms with Gasteiger partial charge in [-0.05, 0) is 46.0 Å². The molecule has 0 radical (unpaired) electrons. The lowest BCUT2D eigenvalue weighted by Gasteiger charge is -2.34. The van der Waals surface area contributed by atoms with Crippen molar-refractivity contribution in [2.45, 2.75) is 58.5 Å². The Morgan fingerprint density at radius 3 is 2.62 bits per heavy atom. The molecular weight excluding hydrogens is 216 g/mol. The predicted octanol–water partition coefficient (Wildman–Crippen LogP) is 3.46. The highest BCUT2D eigenvalue weighted by molar-refractivity contribution is 7.09. The molecule has 1 aromatic heterocycles. The number of thiazole rings is 1. The van der Waals surface area contributed by atoms with Crippen LogP contribution in [0.5, 0.6) is 0 Å². The summed E-state index contributed by atoms with van der Waals surface area (Å²) in [5.41, 5.74) is 1.30. The van der Waals surface area contributed by atoms with E-state index in [0.717, 1.165) is 18.0 Å². The van der Waals surface area contributed by atoms with Gasteiger partial charge in [0.2, 0.25) is 0 Å². The summed E-state index contributed by atoms with van der Waals surface area (Å²) in [5.74, 6) is 0.797. The molecule has 2 nitrogen and oxygen atoms in total. The molecule has 0 aromatic carbocycles. The summed E-state index contributed by atoms with van der Waals surface area (Å²) in [6, 6.07) is 0.518. The van der Waals surface area contributed by atoms with Crippen LogP contribution in [0.4, 0.5) is 0 Å². The third-order valence-electron chi connectivity index (χ3n) is 3.38. The SMILES string of the molecule is CCC(NC(C)C)(c1nc(C)cs1)C1CC1. The summed E-state index contributed by atoms with van der Waals surface area (Å²) in [4.78, 5) is 4.72. The predicted molar refractivity (Wildman–Crippen MR) is 69.8 cm³/mol. The average Bonchev–Trinajstić information content (AvgIpc) is 2.98. The van der Waals surface area contributed by atoms with E-state index >= 15 is 0 Å². The average molecular weight is 238 g/mol. The number of hydrogen-bond acceptors (Lipinski definition) is 3. The Kier molecular flexibility index (Phi) is 3.36. The number of rotatable bonds is 5. The van der Waals surface area contributed by atoms with Crippen molar-refractivity contribution in [1.82, 2.24) is 10.3 Å². The molecule has 1 atom stereocenters. The second kappa shape index (κ2) is 4.46. The fourth-order valence-electron chi connectivity index (χ4n) is 2.55. The molecule has 0 amide bonds. The van der Waals surface area contributed by atoms with Gasteiger partial charge in [-0.2, -0.15) is 0 Å². The summed E-state index contributed by atoms with van der Waals surface area (Å²) >= 11 is 1.82. The fraction of sp³-hybridized carbons (Fsp3) is 0.769. The minimum Gasteiger partial charge on any atom is -0.303 e. The highest BCUT2D eigenvalue weighted by Crippen LogP contribution is 2.48. The van der Waals surface area contributed by atoms with E-state index in [9.17, 15) is 0 Å². The second-order valence-electron chi connectivity index (χ2n) is 5.19. The van der Waals surface area contributed by atoms with Crippen LogP contribution >= 0.6 is 11.3 Å². The smallest absolute Gasteiger partial charge is 0.113 e. The molecule has 1 N–H and O–H groups in total. The zero-order valence-corrected chi connectivity index (χ0v) is 11.5. The van der Waals surface area contributed by atoms with Gasteiger partial charge in [0.25, 0.3) is 0 Å². The first-order valence-corrected chi connectivity index (χ1v) is 7.16. The topological polar surface area (TPSA) is 24.9 Å². The number of aryl methyl sites for hydroxylation is 1. The van der Waals surface area contributed by atoms with E-state index in [2.05, 4.69) is 38.4 Å². The van der Waals surface area contributed by atoms with Crippen molar-refractivity contribution in [2.75, 3.05) is 0 Å². The van der Waals surface area contributed by atoms with Crippen molar-refractivity contribution in [3.63, 3.8) is 0 Å². The van der Waals surface area contributed by atoms with Crippen LogP contribution in [0.1, 0.15) is 50.7 Å². The van der Waals surface area contributed by atoms with Gasteiger partial charge in [-0.15, -0.1) is 11.3 Å². The van der Waals surface area contributed by atoms with Crippen LogP contribution < -0.4 is 5.32 Å². The van der Waals surface area contributed by atoms with Gasteiger partial charge in [0.1, 0.15) is 5.01 Å². The molecule has 90 valence electrons. The second-order valence-corrected chi connectivity index (χ2v) is 6.05. The maximum Gasteiger partial charge on any atom is 0.113 e. The van der Waals surface area contributed by atoms with E-state index in [0.29, 0.717) is 6.04 Å². The van der Waals surface area contributed by atoms with Crippen molar-refractivity contribution in [3.8, 4) is 0 Å². The maximum absolute atomic E-state index is 4.72. The largest absolute Gasteiger partial charge is 0.303 e. The van der Waals surface area contributed by atoms with Gasteiger partial charge < -0.3 is 5.32 Å². The Morgan fingerprint density at radius 1 is 1.56 bits per heavy atom. The van der Waals surface area contributed by atoms with Crippen molar-refractivity contribution < 1.29 is 0 Å². The molecule has 16 heavy (non-hydrogen) atoms. The van der Waals surface area contributed by atoms with Crippen molar-refractivity contribution in [1.29, 1.82) is 0 Å². The Balaban J connectivity index is 2.32. The van der Waals surface area contributed by atoms with E-state index in [1.165, 1.54) is 17.8 Å². The van der Waals surface area contributed by atoms with Gasteiger partial charge in [0.15, 0.2) is 0 Å². The van der Waals surface area contributed by atoms with Crippen LogP contribution in [0, 0.1) is 12.8 Å². The highest BCUT2D eigenvalue weighted by Gasteiger charge is 2.47. The summed E-state index contributed by atoms with van der Waals surface area (Å²) in [7, 11) is 0. The normalized spacial score (nSPS) is 20.1. The van der Waals surface area contributed by atoms with E-state index in [-0.39, 0.29) is 5.54 Å². The lowest BCUT2D eigenvalue weighted by Crippen LogP contribution is -2.47. The molecule has 1 heterocycles. The zero-order chi connectivity index (χ0) is 11.8. The first-order valence-electron chi connectivity index (χ1n) is 6.28. The Morgan fingerprint density at radius 2 is 2.25 bits per heavy atom. The third-order valence-corrected chi connectivity index (χ3v) is 4.52. The summed E-state index contributed by atoms with van der Waals surface area (Å²) in [5, 5.41) is 7.25. The molecule has 0 bridgehead atoms. The number of nitrogens with zero attached hydrogens (tertiary/aromatic N) is 1. The first-order chi connectivity index (χ1) is 7.58. The molecule has 1 unspecified atom stereocenters. The lowest BCUT2D eigenvalue weighted by atomic mass is 9.90. The van der Waals surface area contributed by atoms with E-state index in [4.69, 9.17) is 4.98 Å². The molecule has 1 aliphatic rings. The molecule has 3 heteroatoms. The number of hydrogen-bond donors (Lipinski definition) is 1. The number of nitrogens with one attached hydrogen (secondary N) is 1. The first kappa shape index (κ1) is 12.1. The molecule has 1 fully saturated rings. The lowest BCUT2D eigenvalue weighted by molar-refractivity contribution is 0.252. The Labute approximate surface area is 102 Å².